The Morgan fingerprint density at radius 1 is 1.04 bits per heavy atom. The molecule has 0 spiro atoms. The number of nitrogens with zero attached hydrogens (tertiary/aromatic N) is 2. The van der Waals surface area contributed by atoms with Crippen LogP contribution in [0.3, 0.4) is 0 Å². The van der Waals surface area contributed by atoms with Gasteiger partial charge in [0.2, 0.25) is 5.95 Å². The van der Waals surface area contributed by atoms with E-state index in [1.807, 2.05) is 26.0 Å². The summed E-state index contributed by atoms with van der Waals surface area (Å²) in [4.78, 5) is 9.05. The number of ether oxygens (including phenoxy) is 1. The third-order valence-corrected chi connectivity index (χ3v) is 4.54. The average Bonchev–Trinajstić information content (AvgIpc) is 2.62. The smallest absolute Gasteiger partial charge is 0.229 e. The normalized spacial score (nSPS) is 10.6. The highest BCUT2D eigenvalue weighted by Crippen LogP contribution is 2.32. The second-order valence-corrected chi connectivity index (χ2v) is 6.89. The van der Waals surface area contributed by atoms with Gasteiger partial charge in [-0.3, -0.25) is 0 Å². The van der Waals surface area contributed by atoms with Crippen molar-refractivity contribution < 1.29 is 4.74 Å². The molecule has 1 aromatic heterocycles. The van der Waals surface area contributed by atoms with E-state index in [0.29, 0.717) is 23.3 Å². The molecule has 5 nitrogen and oxygen atoms in total. The number of aryl methyl sites for hydroxylation is 3. The van der Waals surface area contributed by atoms with E-state index in [0.717, 1.165) is 22.8 Å². The average molecular weight is 383 g/mol. The first-order valence-electron chi connectivity index (χ1n) is 8.71. The molecule has 27 heavy (non-hydrogen) atoms. The summed E-state index contributed by atoms with van der Waals surface area (Å²) in [6.07, 6.45) is 0. The summed E-state index contributed by atoms with van der Waals surface area (Å²) in [5.41, 5.74) is 5.03. The molecule has 0 aliphatic heterocycles. The Bertz CT molecular complexity index is 959. The van der Waals surface area contributed by atoms with Gasteiger partial charge in [0.25, 0.3) is 0 Å². The van der Waals surface area contributed by atoms with Gasteiger partial charge in [0.1, 0.15) is 11.6 Å². The second-order valence-electron chi connectivity index (χ2n) is 6.49. The largest absolute Gasteiger partial charge is 0.495 e. The molecule has 0 bridgehead atoms. The van der Waals surface area contributed by atoms with Gasteiger partial charge in [-0.2, -0.15) is 4.98 Å². The highest BCUT2D eigenvalue weighted by molar-refractivity contribution is 6.31. The number of halogens is 1. The number of hydrogen-bond acceptors (Lipinski definition) is 5. The van der Waals surface area contributed by atoms with Crippen molar-refractivity contribution >= 4 is 29.1 Å². The molecule has 0 fully saturated rings. The maximum Gasteiger partial charge on any atom is 0.229 e. The Balaban J connectivity index is 1.80. The van der Waals surface area contributed by atoms with Crippen LogP contribution < -0.4 is 15.4 Å². The molecule has 0 radical (unpaired) electrons. The van der Waals surface area contributed by atoms with Crippen LogP contribution in [0.2, 0.25) is 5.02 Å². The van der Waals surface area contributed by atoms with Gasteiger partial charge >= 0.3 is 0 Å². The van der Waals surface area contributed by atoms with Gasteiger partial charge in [-0.05, 0) is 38.0 Å². The SMILES string of the molecule is COc1cc(Cl)c(C)cc1Nc1nc(C)cc(NCc2cccc(C)c2)n1. The molecular formula is C21H23ClN4O. The standard InChI is InChI=1S/C21H23ClN4O/c1-13-6-5-7-16(8-13)12-23-20-10-15(3)24-21(26-20)25-18-9-14(2)17(22)11-19(18)27-4/h5-11H,12H2,1-4H3,(H2,23,24,25,26). The molecule has 3 aromatic rings. The van der Waals surface area contributed by atoms with Gasteiger partial charge < -0.3 is 15.4 Å². The molecular weight excluding hydrogens is 360 g/mol. The molecule has 0 aliphatic rings. The highest BCUT2D eigenvalue weighted by atomic mass is 35.5. The van der Waals surface area contributed by atoms with Crippen molar-refractivity contribution in [3.05, 3.63) is 69.9 Å². The lowest BCUT2D eigenvalue weighted by Gasteiger charge is -2.14. The fourth-order valence-corrected chi connectivity index (χ4v) is 2.93. The van der Waals surface area contributed by atoms with E-state index < -0.39 is 0 Å². The van der Waals surface area contributed by atoms with Crippen molar-refractivity contribution in [2.45, 2.75) is 27.3 Å². The van der Waals surface area contributed by atoms with E-state index in [2.05, 4.69) is 51.8 Å². The Kier molecular flexibility index (Phi) is 5.81. The zero-order valence-corrected chi connectivity index (χ0v) is 16.7. The highest BCUT2D eigenvalue weighted by Gasteiger charge is 2.10. The number of rotatable bonds is 6. The fourth-order valence-electron chi connectivity index (χ4n) is 2.78. The lowest BCUT2D eigenvalue weighted by Crippen LogP contribution is -2.06. The number of aromatic nitrogens is 2. The zero-order valence-electron chi connectivity index (χ0n) is 15.9. The van der Waals surface area contributed by atoms with E-state index in [1.165, 1.54) is 11.1 Å². The second kappa shape index (κ2) is 8.27. The van der Waals surface area contributed by atoms with Crippen molar-refractivity contribution in [3.63, 3.8) is 0 Å². The predicted molar refractivity (Wildman–Crippen MR) is 111 cm³/mol. The van der Waals surface area contributed by atoms with Crippen LogP contribution in [0.1, 0.15) is 22.4 Å². The summed E-state index contributed by atoms with van der Waals surface area (Å²) in [5.74, 6) is 1.91. The zero-order chi connectivity index (χ0) is 19.4. The first-order valence-corrected chi connectivity index (χ1v) is 9.08. The fraction of sp³-hybridized carbons (Fsp3) is 0.238. The van der Waals surface area contributed by atoms with E-state index in [-0.39, 0.29) is 0 Å². The molecule has 0 saturated heterocycles. The molecule has 0 unspecified atom stereocenters. The van der Waals surface area contributed by atoms with Crippen LogP contribution in [0.15, 0.2) is 42.5 Å². The van der Waals surface area contributed by atoms with Crippen LogP contribution in [-0.4, -0.2) is 17.1 Å². The Labute approximate surface area is 164 Å². The Morgan fingerprint density at radius 3 is 2.59 bits per heavy atom. The molecule has 3 rings (SSSR count). The number of anilines is 3. The number of hydrogen-bond donors (Lipinski definition) is 2. The minimum Gasteiger partial charge on any atom is -0.495 e. The van der Waals surface area contributed by atoms with E-state index in [1.54, 1.807) is 13.2 Å². The molecule has 0 aliphatic carbocycles. The van der Waals surface area contributed by atoms with Crippen LogP contribution in [-0.2, 0) is 6.54 Å². The molecule has 2 N–H and O–H groups in total. The first-order chi connectivity index (χ1) is 12.9. The van der Waals surface area contributed by atoms with Crippen molar-refractivity contribution in [2.75, 3.05) is 17.7 Å². The van der Waals surface area contributed by atoms with Gasteiger partial charge in [0.15, 0.2) is 0 Å². The van der Waals surface area contributed by atoms with Gasteiger partial charge in [0, 0.05) is 29.4 Å². The summed E-state index contributed by atoms with van der Waals surface area (Å²) in [6, 6.07) is 14.0. The molecule has 1 heterocycles. The Morgan fingerprint density at radius 2 is 1.85 bits per heavy atom. The molecule has 6 heteroatoms. The molecule has 0 amide bonds. The van der Waals surface area contributed by atoms with Crippen LogP contribution in [0.5, 0.6) is 5.75 Å². The third-order valence-electron chi connectivity index (χ3n) is 4.14. The van der Waals surface area contributed by atoms with Gasteiger partial charge in [-0.15, -0.1) is 0 Å². The monoisotopic (exact) mass is 382 g/mol. The topological polar surface area (TPSA) is 59.1 Å². The molecule has 2 aromatic carbocycles. The van der Waals surface area contributed by atoms with Crippen LogP contribution in [0, 0.1) is 20.8 Å². The Hall–Kier alpha value is -2.79. The first kappa shape index (κ1) is 19.0. The summed E-state index contributed by atoms with van der Waals surface area (Å²) in [7, 11) is 1.61. The summed E-state index contributed by atoms with van der Waals surface area (Å²) in [5, 5.41) is 7.25. The quantitative estimate of drug-likeness (QED) is 0.596. The van der Waals surface area contributed by atoms with E-state index >= 15 is 0 Å². The number of benzene rings is 2. The predicted octanol–water partition coefficient (Wildman–Crippen LogP) is 5.42. The lowest BCUT2D eigenvalue weighted by molar-refractivity contribution is 0.416. The van der Waals surface area contributed by atoms with Gasteiger partial charge in [-0.25, -0.2) is 4.98 Å². The van der Waals surface area contributed by atoms with Crippen molar-refractivity contribution in [3.8, 4) is 5.75 Å². The minimum atomic E-state index is 0.502. The number of methoxy groups -OCH3 is 1. The maximum absolute atomic E-state index is 6.18. The van der Waals surface area contributed by atoms with E-state index in [4.69, 9.17) is 16.3 Å². The van der Waals surface area contributed by atoms with Crippen LogP contribution in [0.25, 0.3) is 0 Å². The van der Waals surface area contributed by atoms with Crippen molar-refractivity contribution in [1.82, 2.24) is 9.97 Å². The van der Waals surface area contributed by atoms with Crippen LogP contribution in [0.4, 0.5) is 17.5 Å². The third kappa shape index (κ3) is 4.89. The van der Waals surface area contributed by atoms with Gasteiger partial charge in [-0.1, -0.05) is 41.4 Å². The van der Waals surface area contributed by atoms with E-state index in [9.17, 15) is 0 Å². The molecule has 0 atom stereocenters. The van der Waals surface area contributed by atoms with Crippen molar-refractivity contribution in [2.24, 2.45) is 0 Å². The van der Waals surface area contributed by atoms with Gasteiger partial charge in [0.05, 0.1) is 12.8 Å². The summed E-state index contributed by atoms with van der Waals surface area (Å²) in [6.45, 7) is 6.66. The lowest BCUT2D eigenvalue weighted by atomic mass is 10.1. The molecule has 0 saturated carbocycles. The summed E-state index contributed by atoms with van der Waals surface area (Å²) >= 11 is 6.18. The maximum atomic E-state index is 6.18. The van der Waals surface area contributed by atoms with Crippen LogP contribution >= 0.6 is 11.6 Å². The minimum absolute atomic E-state index is 0.502. The molecule has 140 valence electrons. The van der Waals surface area contributed by atoms with Crippen molar-refractivity contribution in [1.29, 1.82) is 0 Å². The number of nitrogens with one attached hydrogen (secondary N) is 2. The summed E-state index contributed by atoms with van der Waals surface area (Å²) < 4.78 is 5.41.